The van der Waals surface area contributed by atoms with E-state index in [9.17, 15) is 4.79 Å². The lowest BCUT2D eigenvalue weighted by atomic mass is 10.2. The second kappa shape index (κ2) is 5.96. The normalized spacial score (nSPS) is 8.79. The molecule has 14 heavy (non-hydrogen) atoms. The molecule has 4 N–H and O–H groups in total. The van der Waals surface area contributed by atoms with E-state index in [0.717, 1.165) is 0 Å². The minimum absolute atomic E-state index is 0.225. The summed E-state index contributed by atoms with van der Waals surface area (Å²) in [5.74, 6) is 0. The van der Waals surface area contributed by atoms with E-state index in [1.807, 2.05) is 20.8 Å². The number of nitrogen functional groups attached to an aromatic ring is 1. The molecule has 0 fully saturated rings. The van der Waals surface area contributed by atoms with Crippen molar-refractivity contribution in [3.8, 4) is 0 Å². The van der Waals surface area contributed by atoms with Gasteiger partial charge in [-0.05, 0) is 12.5 Å². The highest BCUT2D eigenvalue weighted by molar-refractivity contribution is 6.00. The number of nitrogens with two attached hydrogens (primary N) is 1. The Balaban J connectivity index is 0.000000791. The summed E-state index contributed by atoms with van der Waals surface area (Å²) in [6.45, 7) is 5.84. The number of H-pyrrole nitrogens is 1. The summed E-state index contributed by atoms with van der Waals surface area (Å²) >= 11 is 0. The average Bonchev–Trinajstić information content (AvgIpc) is 2.23. The Kier molecular flexibility index (Phi) is 5.29. The van der Waals surface area contributed by atoms with Crippen molar-refractivity contribution in [1.29, 1.82) is 5.41 Å². The molecule has 0 saturated heterocycles. The van der Waals surface area contributed by atoms with Gasteiger partial charge in [-0.2, -0.15) is 0 Å². The van der Waals surface area contributed by atoms with Crippen LogP contribution >= 0.6 is 0 Å². The molecule has 1 aromatic heterocycles. The van der Waals surface area contributed by atoms with Crippen molar-refractivity contribution in [3.05, 3.63) is 28.2 Å². The summed E-state index contributed by atoms with van der Waals surface area (Å²) in [6, 6.07) is 2.86. The molecular formula is C10H17N3O. The molecule has 0 aliphatic carbocycles. The Morgan fingerprint density at radius 2 is 2.07 bits per heavy atom. The average molecular weight is 195 g/mol. The minimum Gasteiger partial charge on any atom is -0.397 e. The van der Waals surface area contributed by atoms with E-state index in [1.165, 1.54) is 12.1 Å². The fourth-order valence-electron chi connectivity index (χ4n) is 0.912. The maximum absolute atomic E-state index is 10.9. The smallest absolute Gasteiger partial charge is 0.248 e. The number of hydrogen-bond donors (Lipinski definition) is 3. The first-order valence-electron chi connectivity index (χ1n) is 4.71. The van der Waals surface area contributed by atoms with Crippen molar-refractivity contribution in [3.63, 3.8) is 0 Å². The molecule has 0 bridgehead atoms. The number of aromatic nitrogens is 1. The third-order valence-electron chi connectivity index (χ3n) is 1.61. The number of anilines is 1. The van der Waals surface area contributed by atoms with Gasteiger partial charge in [-0.25, -0.2) is 0 Å². The molecule has 0 saturated carbocycles. The van der Waals surface area contributed by atoms with E-state index in [1.54, 1.807) is 0 Å². The van der Waals surface area contributed by atoms with Crippen LogP contribution in [0.3, 0.4) is 0 Å². The number of nitrogens with one attached hydrogen (secondary N) is 2. The summed E-state index contributed by atoms with van der Waals surface area (Å²) in [5, 5.41) is 7.47. The van der Waals surface area contributed by atoms with Crippen LogP contribution in [0.25, 0.3) is 0 Å². The molecule has 0 radical (unpaired) electrons. The van der Waals surface area contributed by atoms with Gasteiger partial charge in [0.1, 0.15) is 0 Å². The lowest BCUT2D eigenvalue weighted by molar-refractivity contribution is 1.16. The minimum atomic E-state index is -0.225. The van der Waals surface area contributed by atoms with E-state index in [0.29, 0.717) is 23.5 Å². The van der Waals surface area contributed by atoms with Crippen LogP contribution < -0.4 is 11.3 Å². The second-order valence-electron chi connectivity index (χ2n) is 2.49. The second-order valence-corrected chi connectivity index (χ2v) is 2.49. The van der Waals surface area contributed by atoms with Crippen LogP contribution in [0.4, 0.5) is 5.69 Å². The third-order valence-corrected chi connectivity index (χ3v) is 1.61. The van der Waals surface area contributed by atoms with Crippen LogP contribution in [0.5, 0.6) is 0 Å². The van der Waals surface area contributed by atoms with E-state index in [4.69, 9.17) is 11.1 Å². The molecule has 78 valence electrons. The van der Waals surface area contributed by atoms with Gasteiger partial charge < -0.3 is 16.1 Å². The molecular weight excluding hydrogens is 178 g/mol. The van der Waals surface area contributed by atoms with Gasteiger partial charge in [0.05, 0.1) is 17.1 Å². The van der Waals surface area contributed by atoms with Crippen molar-refractivity contribution >= 4 is 11.4 Å². The van der Waals surface area contributed by atoms with Gasteiger partial charge >= 0.3 is 0 Å². The monoisotopic (exact) mass is 195 g/mol. The molecule has 0 aromatic carbocycles. The van der Waals surface area contributed by atoms with Crippen molar-refractivity contribution in [2.75, 3.05) is 5.73 Å². The van der Waals surface area contributed by atoms with Crippen LogP contribution in [0.2, 0.25) is 0 Å². The molecule has 1 heterocycles. The van der Waals surface area contributed by atoms with Crippen molar-refractivity contribution in [2.45, 2.75) is 27.2 Å². The zero-order valence-electron chi connectivity index (χ0n) is 8.85. The maximum atomic E-state index is 10.9. The quantitative estimate of drug-likeness (QED) is 0.628. The topological polar surface area (TPSA) is 82.7 Å². The molecule has 0 aliphatic heterocycles. The van der Waals surface area contributed by atoms with Crippen LogP contribution in [0, 0.1) is 5.41 Å². The van der Waals surface area contributed by atoms with Crippen LogP contribution in [0.15, 0.2) is 16.9 Å². The molecule has 0 aliphatic rings. The molecule has 0 unspecified atom stereocenters. The largest absolute Gasteiger partial charge is 0.397 e. The summed E-state index contributed by atoms with van der Waals surface area (Å²) in [5.41, 5.74) is 6.56. The van der Waals surface area contributed by atoms with Crippen molar-refractivity contribution in [2.24, 2.45) is 0 Å². The zero-order chi connectivity index (χ0) is 11.1. The van der Waals surface area contributed by atoms with Gasteiger partial charge in [-0.1, -0.05) is 20.8 Å². The standard InChI is InChI=1S/C8H11N3O.C2H6/c1-2-5(9)8-6(10)3-4-7(12)11-8;1-2/h3-4,9H,2,10H2,1H3,(H,11,12);1-2H3. The lowest BCUT2D eigenvalue weighted by Gasteiger charge is -2.03. The van der Waals surface area contributed by atoms with Crippen LogP contribution in [-0.4, -0.2) is 10.7 Å². The van der Waals surface area contributed by atoms with E-state index >= 15 is 0 Å². The van der Waals surface area contributed by atoms with Gasteiger partial charge in [0.15, 0.2) is 0 Å². The first kappa shape index (κ1) is 12.4. The fourth-order valence-corrected chi connectivity index (χ4v) is 0.912. The molecule has 4 heteroatoms. The van der Waals surface area contributed by atoms with Crippen LogP contribution in [-0.2, 0) is 0 Å². The molecule has 0 amide bonds. The summed E-state index contributed by atoms with van der Waals surface area (Å²) in [7, 11) is 0. The zero-order valence-corrected chi connectivity index (χ0v) is 8.85. The summed E-state index contributed by atoms with van der Waals surface area (Å²) < 4.78 is 0. The Morgan fingerprint density at radius 3 is 2.57 bits per heavy atom. The van der Waals surface area contributed by atoms with Crippen molar-refractivity contribution in [1.82, 2.24) is 4.98 Å². The number of rotatable bonds is 2. The summed E-state index contributed by atoms with van der Waals surface area (Å²) in [4.78, 5) is 13.4. The van der Waals surface area contributed by atoms with E-state index in [2.05, 4.69) is 4.98 Å². The fraction of sp³-hybridized carbons (Fsp3) is 0.400. The number of pyridine rings is 1. The molecule has 0 atom stereocenters. The van der Waals surface area contributed by atoms with E-state index in [-0.39, 0.29) is 5.56 Å². The highest BCUT2D eigenvalue weighted by atomic mass is 16.1. The predicted octanol–water partition coefficient (Wildman–Crippen LogP) is 1.76. The molecule has 1 aromatic rings. The molecule has 1 rings (SSSR count). The third kappa shape index (κ3) is 3.05. The van der Waals surface area contributed by atoms with Gasteiger partial charge in [-0.3, -0.25) is 4.79 Å². The van der Waals surface area contributed by atoms with Gasteiger partial charge in [0, 0.05) is 6.07 Å². The summed E-state index contributed by atoms with van der Waals surface area (Å²) in [6.07, 6.45) is 0.560. The molecule has 4 nitrogen and oxygen atoms in total. The maximum Gasteiger partial charge on any atom is 0.248 e. The number of aromatic amines is 1. The lowest BCUT2D eigenvalue weighted by Crippen LogP contribution is -2.13. The Labute approximate surface area is 83.7 Å². The van der Waals surface area contributed by atoms with E-state index < -0.39 is 0 Å². The van der Waals surface area contributed by atoms with Crippen LogP contribution in [0.1, 0.15) is 32.9 Å². The highest BCUT2D eigenvalue weighted by Gasteiger charge is 2.03. The Morgan fingerprint density at radius 1 is 1.50 bits per heavy atom. The SMILES string of the molecule is CC.CCC(=N)c1[nH]c(=O)ccc1N. The van der Waals surface area contributed by atoms with Gasteiger partial charge in [-0.15, -0.1) is 0 Å². The predicted molar refractivity (Wildman–Crippen MR) is 59.9 cm³/mol. The highest BCUT2D eigenvalue weighted by Crippen LogP contribution is 2.06. The van der Waals surface area contributed by atoms with Crippen molar-refractivity contribution < 1.29 is 0 Å². The van der Waals surface area contributed by atoms with Gasteiger partial charge in [0.25, 0.3) is 0 Å². The van der Waals surface area contributed by atoms with Gasteiger partial charge in [0.2, 0.25) is 5.56 Å². The Bertz CT molecular complexity index is 355. The Hall–Kier alpha value is -1.58. The number of hydrogen-bond acceptors (Lipinski definition) is 3. The first-order chi connectivity index (χ1) is 6.65. The molecule has 0 spiro atoms. The first-order valence-corrected chi connectivity index (χ1v) is 4.71.